The summed E-state index contributed by atoms with van der Waals surface area (Å²) >= 11 is 6.11. The summed E-state index contributed by atoms with van der Waals surface area (Å²) in [5.41, 5.74) is 1.22. The number of benzene rings is 1. The maximum absolute atomic E-state index is 13.3. The fraction of sp³-hybridized carbons (Fsp3) is 0.238. The first-order chi connectivity index (χ1) is 13.4. The molecule has 2 aromatic rings. The third-order valence-electron chi connectivity index (χ3n) is 4.98. The van der Waals surface area contributed by atoms with E-state index in [9.17, 15) is 9.18 Å². The lowest BCUT2D eigenvalue weighted by Crippen LogP contribution is -2.36. The summed E-state index contributed by atoms with van der Waals surface area (Å²) in [5.74, 6) is 0.865. The van der Waals surface area contributed by atoms with Gasteiger partial charge in [0.05, 0.1) is 22.8 Å². The van der Waals surface area contributed by atoms with Crippen LogP contribution in [-0.2, 0) is 11.3 Å². The van der Waals surface area contributed by atoms with E-state index in [0.29, 0.717) is 27.9 Å². The molecule has 1 aromatic carbocycles. The van der Waals surface area contributed by atoms with Crippen LogP contribution in [0, 0.1) is 5.82 Å². The van der Waals surface area contributed by atoms with Gasteiger partial charge in [0.2, 0.25) is 0 Å². The minimum Gasteiger partial charge on any atom is -0.485 e. The lowest BCUT2D eigenvalue weighted by molar-refractivity contribution is 0.211. The Morgan fingerprint density at radius 1 is 1.25 bits per heavy atom. The fourth-order valence-electron chi connectivity index (χ4n) is 3.21. The van der Waals surface area contributed by atoms with Gasteiger partial charge in [0.25, 0.3) is 5.56 Å². The molecule has 7 heteroatoms. The number of halogens is 2. The Kier molecular flexibility index (Phi) is 4.81. The van der Waals surface area contributed by atoms with E-state index in [1.165, 1.54) is 18.2 Å². The van der Waals surface area contributed by atoms with Gasteiger partial charge in [-0.15, -0.1) is 0 Å². The standard InChI is InChI=1S/C21H19ClFN3O2/c1-13-14(2)26-11-17(25-8-4-3-5-20(25)27)10-19(21(26)24-13)28-12-15-6-7-16(23)9-18(15)22/h3-11,13-14H,12H2,1-2H3. The van der Waals surface area contributed by atoms with Crippen LogP contribution >= 0.6 is 11.6 Å². The molecule has 0 amide bonds. The quantitative estimate of drug-likeness (QED) is 0.779. The first-order valence-corrected chi connectivity index (χ1v) is 9.36. The van der Waals surface area contributed by atoms with Crippen molar-refractivity contribution < 1.29 is 9.13 Å². The summed E-state index contributed by atoms with van der Waals surface area (Å²) in [6.45, 7) is 4.27. The van der Waals surface area contributed by atoms with Crippen LogP contribution in [0.5, 0.6) is 0 Å². The number of nitrogens with zero attached hydrogens (tertiary/aromatic N) is 3. The second kappa shape index (κ2) is 7.28. The molecule has 28 heavy (non-hydrogen) atoms. The Bertz CT molecular complexity index is 1070. The molecule has 5 nitrogen and oxygen atoms in total. The minimum atomic E-state index is -0.395. The monoisotopic (exact) mass is 399 g/mol. The average Bonchev–Trinajstić information content (AvgIpc) is 2.96. The molecule has 0 saturated heterocycles. The summed E-state index contributed by atoms with van der Waals surface area (Å²) in [6.07, 6.45) is 5.41. The Morgan fingerprint density at radius 2 is 2.07 bits per heavy atom. The van der Waals surface area contributed by atoms with Crippen molar-refractivity contribution in [2.75, 3.05) is 0 Å². The maximum Gasteiger partial charge on any atom is 0.255 e. The number of amidine groups is 1. The van der Waals surface area contributed by atoms with E-state index in [0.717, 1.165) is 0 Å². The number of hydrogen-bond donors (Lipinski definition) is 0. The number of rotatable bonds is 4. The van der Waals surface area contributed by atoms with Gasteiger partial charge >= 0.3 is 0 Å². The van der Waals surface area contributed by atoms with Crippen LogP contribution in [0.25, 0.3) is 5.70 Å². The number of ether oxygens (including phenoxy) is 1. The van der Waals surface area contributed by atoms with Gasteiger partial charge in [0.1, 0.15) is 12.4 Å². The van der Waals surface area contributed by atoms with Crippen molar-refractivity contribution in [1.82, 2.24) is 9.47 Å². The molecule has 0 spiro atoms. The van der Waals surface area contributed by atoms with Crippen LogP contribution < -0.4 is 5.56 Å². The van der Waals surface area contributed by atoms with Crippen LogP contribution in [0.4, 0.5) is 4.39 Å². The zero-order valence-electron chi connectivity index (χ0n) is 15.5. The van der Waals surface area contributed by atoms with Gasteiger partial charge in [-0.25, -0.2) is 4.39 Å². The molecular formula is C21H19ClFN3O2. The lowest BCUT2D eigenvalue weighted by atomic mass is 10.1. The number of pyridine rings is 1. The van der Waals surface area contributed by atoms with Crippen molar-refractivity contribution in [3.05, 3.63) is 87.4 Å². The van der Waals surface area contributed by atoms with E-state index in [-0.39, 0.29) is 24.2 Å². The number of fused-ring (bicyclic) bond motifs is 1. The van der Waals surface area contributed by atoms with Crippen molar-refractivity contribution in [3.8, 4) is 0 Å². The van der Waals surface area contributed by atoms with Gasteiger partial charge in [-0.1, -0.05) is 23.7 Å². The summed E-state index contributed by atoms with van der Waals surface area (Å²) in [7, 11) is 0. The summed E-state index contributed by atoms with van der Waals surface area (Å²) in [6, 6.07) is 9.42. The molecule has 2 unspecified atom stereocenters. The molecule has 0 saturated carbocycles. The zero-order valence-corrected chi connectivity index (χ0v) is 16.2. The second-order valence-electron chi connectivity index (χ2n) is 6.84. The molecule has 0 radical (unpaired) electrons. The first kappa shape index (κ1) is 18.5. The van der Waals surface area contributed by atoms with Gasteiger partial charge in [0.15, 0.2) is 11.6 Å². The molecule has 2 aliphatic heterocycles. The first-order valence-electron chi connectivity index (χ1n) is 8.99. The normalized spacial score (nSPS) is 21.0. The molecule has 3 heterocycles. The number of aliphatic imine (C=N–C) groups is 1. The Morgan fingerprint density at radius 3 is 2.82 bits per heavy atom. The van der Waals surface area contributed by atoms with E-state index in [4.69, 9.17) is 21.3 Å². The summed E-state index contributed by atoms with van der Waals surface area (Å²) in [4.78, 5) is 19.0. The second-order valence-corrected chi connectivity index (χ2v) is 7.24. The highest BCUT2D eigenvalue weighted by molar-refractivity contribution is 6.31. The Hall–Kier alpha value is -2.86. The average molecular weight is 400 g/mol. The van der Waals surface area contributed by atoms with Gasteiger partial charge in [-0.3, -0.25) is 14.4 Å². The zero-order chi connectivity index (χ0) is 19.8. The fourth-order valence-corrected chi connectivity index (χ4v) is 3.44. The van der Waals surface area contributed by atoms with Crippen molar-refractivity contribution in [2.45, 2.75) is 32.5 Å². The Labute approximate surface area is 167 Å². The van der Waals surface area contributed by atoms with E-state index in [1.807, 2.05) is 18.0 Å². The van der Waals surface area contributed by atoms with Gasteiger partial charge in [-0.2, -0.15) is 0 Å². The SMILES string of the molecule is CC1N=C2C(OCc3ccc(F)cc3Cl)=CC(n3ccccc3=O)=CN2C1C. The molecule has 2 atom stereocenters. The van der Waals surface area contributed by atoms with Crippen LogP contribution in [-0.4, -0.2) is 27.4 Å². The molecule has 0 fully saturated rings. The van der Waals surface area contributed by atoms with Gasteiger partial charge < -0.3 is 9.64 Å². The molecule has 1 aromatic heterocycles. The molecular weight excluding hydrogens is 381 g/mol. The summed E-state index contributed by atoms with van der Waals surface area (Å²) in [5, 5.41) is 0.304. The Balaban J connectivity index is 1.69. The van der Waals surface area contributed by atoms with Crippen LogP contribution in [0.2, 0.25) is 5.02 Å². The third kappa shape index (κ3) is 3.36. The third-order valence-corrected chi connectivity index (χ3v) is 5.33. The van der Waals surface area contributed by atoms with Crippen molar-refractivity contribution in [2.24, 2.45) is 4.99 Å². The van der Waals surface area contributed by atoms with Gasteiger partial charge in [-0.05, 0) is 32.0 Å². The smallest absolute Gasteiger partial charge is 0.255 e. The molecule has 4 rings (SSSR count). The topological polar surface area (TPSA) is 46.8 Å². The van der Waals surface area contributed by atoms with Crippen molar-refractivity contribution in [3.63, 3.8) is 0 Å². The van der Waals surface area contributed by atoms with Crippen molar-refractivity contribution in [1.29, 1.82) is 0 Å². The molecule has 2 aliphatic rings. The maximum atomic E-state index is 13.3. The number of allylic oxidation sites excluding steroid dienone is 2. The van der Waals surface area contributed by atoms with E-state index >= 15 is 0 Å². The van der Waals surface area contributed by atoms with Gasteiger partial charge in [0, 0.05) is 30.1 Å². The predicted molar refractivity (Wildman–Crippen MR) is 107 cm³/mol. The van der Waals surface area contributed by atoms with E-state index in [1.54, 1.807) is 35.0 Å². The van der Waals surface area contributed by atoms with Crippen LogP contribution in [0.15, 0.2) is 70.4 Å². The van der Waals surface area contributed by atoms with E-state index in [2.05, 4.69) is 6.92 Å². The van der Waals surface area contributed by atoms with E-state index < -0.39 is 5.82 Å². The predicted octanol–water partition coefficient (Wildman–Crippen LogP) is 4.04. The lowest BCUT2D eigenvalue weighted by Gasteiger charge is -2.28. The molecule has 144 valence electrons. The highest BCUT2D eigenvalue weighted by Crippen LogP contribution is 2.30. The molecule has 0 N–H and O–H groups in total. The molecule has 0 aliphatic carbocycles. The minimum absolute atomic E-state index is 0.0829. The number of aromatic nitrogens is 1. The van der Waals surface area contributed by atoms with Crippen LogP contribution in [0.1, 0.15) is 19.4 Å². The highest BCUT2D eigenvalue weighted by atomic mass is 35.5. The number of hydrogen-bond acceptors (Lipinski definition) is 4. The van der Waals surface area contributed by atoms with Crippen molar-refractivity contribution >= 4 is 23.1 Å². The molecule has 0 bridgehead atoms. The highest BCUT2D eigenvalue weighted by Gasteiger charge is 2.34. The summed E-state index contributed by atoms with van der Waals surface area (Å²) < 4.78 is 20.9. The largest absolute Gasteiger partial charge is 0.485 e. The van der Waals surface area contributed by atoms with Crippen LogP contribution in [0.3, 0.4) is 0 Å².